The van der Waals surface area contributed by atoms with Gasteiger partial charge < -0.3 is 58.7 Å². The first-order chi connectivity index (χ1) is 25.7. The Kier molecular flexibility index (Phi) is 17.6. The summed E-state index contributed by atoms with van der Waals surface area (Å²) in [4.78, 5) is 13.8. The normalized spacial score (nSPS) is 43.8. The number of esters is 1. The van der Waals surface area contributed by atoms with Gasteiger partial charge in [-0.05, 0) is 45.1 Å². The van der Waals surface area contributed by atoms with Crippen LogP contribution in [0.1, 0.15) is 82.1 Å². The molecule has 0 aromatic rings. The van der Waals surface area contributed by atoms with Crippen molar-refractivity contribution in [3.63, 3.8) is 0 Å². The number of allylic oxidation sites excluding steroid dienone is 5. The molecule has 0 saturated carbocycles. The van der Waals surface area contributed by atoms with Gasteiger partial charge in [0, 0.05) is 44.3 Å². The van der Waals surface area contributed by atoms with E-state index in [1.165, 1.54) is 21.3 Å². The standard InChI is InChI=1S/C42H70O13/c1-21(2)37-26(7)32(53-41-39(51-13)36(46)35(45)29(10)52-41)20-42(48,55-37)28(9)34(44)27(8)38-30(49-11)16-14-15-22(3)17-24(5)33(43)25(6)18-23(4)19-31(50-12)40(47)54-38/h14-16,18-19,21,24-30,32-39,41,43-46,48H,17,20H2,1-13H3/b16-14+,22-15+,23-18+,31-19-/t24?,25?,26?,27?,28?,29-,30?,32?,33?,34?,35-,36+,37?,38?,39+,41?,42?/m0/s1. The van der Waals surface area contributed by atoms with E-state index in [4.69, 9.17) is 33.2 Å². The smallest absolute Gasteiger partial charge is 0.373 e. The van der Waals surface area contributed by atoms with Crippen LogP contribution < -0.4 is 0 Å². The van der Waals surface area contributed by atoms with E-state index in [9.17, 15) is 30.3 Å². The number of rotatable bonds is 10. The minimum Gasteiger partial charge on any atom is -0.490 e. The van der Waals surface area contributed by atoms with Gasteiger partial charge >= 0.3 is 5.97 Å². The number of cyclic esters (lactones) is 1. The molecule has 316 valence electrons. The largest absolute Gasteiger partial charge is 0.490 e. The van der Waals surface area contributed by atoms with Crippen LogP contribution in [0.25, 0.3) is 0 Å². The molecule has 55 heavy (non-hydrogen) atoms. The molecule has 17 atom stereocenters. The molecule has 0 bridgehead atoms. The summed E-state index contributed by atoms with van der Waals surface area (Å²) >= 11 is 0. The second-order valence-electron chi connectivity index (χ2n) is 16.6. The highest BCUT2D eigenvalue weighted by Crippen LogP contribution is 2.43. The third kappa shape index (κ3) is 11.5. The van der Waals surface area contributed by atoms with E-state index in [1.54, 1.807) is 32.9 Å². The van der Waals surface area contributed by atoms with Crippen molar-refractivity contribution in [2.24, 2.45) is 35.5 Å². The lowest BCUT2D eigenvalue weighted by atomic mass is 9.76. The third-order valence-corrected chi connectivity index (χ3v) is 11.8. The van der Waals surface area contributed by atoms with Crippen LogP contribution in [0.5, 0.6) is 0 Å². The first kappa shape index (κ1) is 47.2. The minimum absolute atomic E-state index is 0.0363. The average Bonchev–Trinajstić information content (AvgIpc) is 3.13. The molecule has 2 fully saturated rings. The van der Waals surface area contributed by atoms with Crippen LogP contribution in [-0.4, -0.2) is 126 Å². The number of carbonyl (C=O) groups is 1. The Morgan fingerprint density at radius 1 is 0.927 bits per heavy atom. The predicted octanol–water partition coefficient (Wildman–Crippen LogP) is 4.20. The highest BCUT2D eigenvalue weighted by atomic mass is 16.7. The van der Waals surface area contributed by atoms with Crippen LogP contribution in [-0.2, 0) is 38.0 Å². The van der Waals surface area contributed by atoms with Gasteiger partial charge in [-0.3, -0.25) is 0 Å². The quantitative estimate of drug-likeness (QED) is 0.199. The molecule has 13 heteroatoms. The van der Waals surface area contributed by atoms with Crippen molar-refractivity contribution >= 4 is 5.97 Å². The molecule has 3 rings (SSSR count). The topological polar surface area (TPSA) is 183 Å². The maximum Gasteiger partial charge on any atom is 0.373 e. The summed E-state index contributed by atoms with van der Waals surface area (Å²) in [5, 5.41) is 56.6. The highest BCUT2D eigenvalue weighted by molar-refractivity contribution is 5.87. The Bertz CT molecular complexity index is 1360. The maximum atomic E-state index is 13.8. The molecule has 13 nitrogen and oxygen atoms in total. The molecule has 0 aliphatic carbocycles. The molecule has 0 amide bonds. The fourth-order valence-corrected chi connectivity index (χ4v) is 8.23. The molecule has 0 radical (unpaired) electrons. The summed E-state index contributed by atoms with van der Waals surface area (Å²) < 4.78 is 41.8. The number of carbonyl (C=O) groups excluding carboxylic acids is 1. The van der Waals surface area contributed by atoms with Crippen molar-refractivity contribution in [3.8, 4) is 0 Å². The second-order valence-corrected chi connectivity index (χ2v) is 16.6. The highest BCUT2D eigenvalue weighted by Gasteiger charge is 2.54. The first-order valence-electron chi connectivity index (χ1n) is 19.7. The molecule has 0 aromatic carbocycles. The Labute approximate surface area is 328 Å². The van der Waals surface area contributed by atoms with E-state index in [0.717, 1.165) is 5.57 Å². The molecule has 5 N–H and O–H groups in total. The van der Waals surface area contributed by atoms with Crippen molar-refractivity contribution in [2.45, 2.75) is 155 Å². The maximum absolute atomic E-state index is 13.8. The SMILES string of the molecule is CO/C1=C\C(C)=C\C(C)C(O)C(C)C/C(C)=C/C=C/C(OC)C(C(C)C(O)C(C)C2(O)CC(OC3O[C@@H](C)[C@H](O)[C@@H](O)[C@H]3OC)C(C)C(C(C)C)O2)OC1=O. The molecule has 3 heterocycles. The summed E-state index contributed by atoms with van der Waals surface area (Å²) in [5.74, 6) is -5.08. The summed E-state index contributed by atoms with van der Waals surface area (Å²) in [5.41, 5.74) is 1.73. The fraction of sp³-hybridized carbons (Fsp3) is 0.786. The van der Waals surface area contributed by atoms with Crippen LogP contribution in [0.15, 0.2) is 47.3 Å². The lowest BCUT2D eigenvalue weighted by Crippen LogP contribution is -2.62. The Morgan fingerprint density at radius 2 is 1.58 bits per heavy atom. The van der Waals surface area contributed by atoms with Crippen LogP contribution in [0.2, 0.25) is 0 Å². The van der Waals surface area contributed by atoms with E-state index < -0.39 is 90.9 Å². The van der Waals surface area contributed by atoms with Crippen LogP contribution in [0, 0.1) is 35.5 Å². The minimum atomic E-state index is -1.92. The van der Waals surface area contributed by atoms with E-state index >= 15 is 0 Å². The number of aliphatic hydroxyl groups is 5. The van der Waals surface area contributed by atoms with Gasteiger partial charge in [-0.1, -0.05) is 83.9 Å². The van der Waals surface area contributed by atoms with E-state index in [0.29, 0.717) is 12.0 Å². The van der Waals surface area contributed by atoms with Crippen LogP contribution in [0.3, 0.4) is 0 Å². The number of hydrogen-bond acceptors (Lipinski definition) is 13. The zero-order valence-corrected chi connectivity index (χ0v) is 35.1. The molecule has 0 spiro atoms. The molecule has 3 aliphatic rings. The fourth-order valence-electron chi connectivity index (χ4n) is 8.23. The molecular weight excluding hydrogens is 712 g/mol. The number of methoxy groups -OCH3 is 3. The molecule has 3 aliphatic heterocycles. The summed E-state index contributed by atoms with van der Waals surface area (Å²) in [6.45, 7) is 18.6. The lowest BCUT2D eigenvalue weighted by molar-refractivity contribution is -0.362. The van der Waals surface area contributed by atoms with Crippen molar-refractivity contribution in [3.05, 3.63) is 47.3 Å². The van der Waals surface area contributed by atoms with Crippen molar-refractivity contribution in [1.29, 1.82) is 0 Å². The third-order valence-electron chi connectivity index (χ3n) is 11.8. The number of aliphatic hydroxyl groups excluding tert-OH is 4. The van der Waals surface area contributed by atoms with Gasteiger partial charge in [-0.2, -0.15) is 0 Å². The van der Waals surface area contributed by atoms with Gasteiger partial charge in [-0.25, -0.2) is 4.79 Å². The second kappa shape index (κ2) is 20.5. The molecule has 0 aromatic heterocycles. The summed E-state index contributed by atoms with van der Waals surface area (Å²) in [6.07, 6.45) is -0.670. The van der Waals surface area contributed by atoms with Crippen LogP contribution >= 0.6 is 0 Å². The lowest BCUT2D eigenvalue weighted by Gasteiger charge is -2.51. The zero-order chi connectivity index (χ0) is 41.5. The predicted molar refractivity (Wildman–Crippen MR) is 206 cm³/mol. The Balaban J connectivity index is 2.00. The van der Waals surface area contributed by atoms with E-state index in [1.807, 2.05) is 66.7 Å². The first-order valence-corrected chi connectivity index (χ1v) is 19.7. The Hall–Kier alpha value is -2.17. The van der Waals surface area contributed by atoms with Gasteiger partial charge in [0.2, 0.25) is 5.76 Å². The Morgan fingerprint density at radius 3 is 2.16 bits per heavy atom. The van der Waals surface area contributed by atoms with Gasteiger partial charge in [-0.15, -0.1) is 0 Å². The van der Waals surface area contributed by atoms with Crippen molar-refractivity contribution in [2.75, 3.05) is 21.3 Å². The molecular formula is C42H70O13. The van der Waals surface area contributed by atoms with Gasteiger partial charge in [0.05, 0.1) is 37.6 Å². The summed E-state index contributed by atoms with van der Waals surface area (Å²) in [7, 11) is 4.25. The number of hydrogen-bond donors (Lipinski definition) is 5. The van der Waals surface area contributed by atoms with Gasteiger partial charge in [0.1, 0.15) is 30.5 Å². The van der Waals surface area contributed by atoms with Crippen molar-refractivity contribution in [1.82, 2.24) is 0 Å². The summed E-state index contributed by atoms with van der Waals surface area (Å²) in [6, 6.07) is 0. The van der Waals surface area contributed by atoms with E-state index in [2.05, 4.69) is 0 Å². The molecule has 13 unspecified atom stereocenters. The van der Waals surface area contributed by atoms with E-state index in [-0.39, 0.29) is 35.9 Å². The zero-order valence-electron chi connectivity index (χ0n) is 35.1. The van der Waals surface area contributed by atoms with Crippen molar-refractivity contribution < 1.29 is 63.5 Å². The number of ether oxygens (including phenoxy) is 7. The van der Waals surface area contributed by atoms with Gasteiger partial charge in [0.25, 0.3) is 0 Å². The van der Waals surface area contributed by atoms with Gasteiger partial charge in [0.15, 0.2) is 12.1 Å². The monoisotopic (exact) mass is 782 g/mol. The molecule has 2 saturated heterocycles. The average molecular weight is 783 g/mol. The van der Waals surface area contributed by atoms with Crippen LogP contribution in [0.4, 0.5) is 0 Å².